The molecule has 2 unspecified atom stereocenters. The molecule has 0 aromatic heterocycles. The lowest BCUT2D eigenvalue weighted by Gasteiger charge is -2.35. The third-order valence-electron chi connectivity index (χ3n) is 3.69. The number of nitrogens with one attached hydrogen (secondary N) is 1. The highest BCUT2D eigenvalue weighted by molar-refractivity contribution is 4.87. The van der Waals surface area contributed by atoms with Crippen molar-refractivity contribution in [1.29, 1.82) is 0 Å². The molecule has 0 heterocycles. The molecular weight excluding hydrogens is 200 g/mol. The maximum atomic E-state index is 9.46. The second-order valence-electron chi connectivity index (χ2n) is 5.69. The number of hydrogen-bond acceptors (Lipinski definition) is 3. The highest BCUT2D eigenvalue weighted by atomic mass is 16.3. The molecule has 0 spiro atoms. The second kappa shape index (κ2) is 5.99. The van der Waals surface area contributed by atoms with E-state index < -0.39 is 0 Å². The Morgan fingerprint density at radius 3 is 2.56 bits per heavy atom. The van der Waals surface area contributed by atoms with Crippen LogP contribution in [0.4, 0.5) is 0 Å². The first kappa shape index (κ1) is 13.9. The van der Waals surface area contributed by atoms with Crippen LogP contribution in [-0.2, 0) is 0 Å². The Bertz CT molecular complexity index is 206. The molecule has 0 saturated heterocycles. The van der Waals surface area contributed by atoms with E-state index in [0.29, 0.717) is 6.04 Å². The zero-order valence-corrected chi connectivity index (χ0v) is 11.3. The van der Waals surface area contributed by atoms with Crippen molar-refractivity contribution in [3.8, 4) is 0 Å². The molecule has 96 valence electrons. The van der Waals surface area contributed by atoms with E-state index in [1.54, 1.807) is 0 Å². The maximum absolute atomic E-state index is 9.46. The topological polar surface area (TPSA) is 35.5 Å². The molecule has 3 heteroatoms. The van der Waals surface area contributed by atoms with Gasteiger partial charge in [0.25, 0.3) is 0 Å². The van der Waals surface area contributed by atoms with Crippen LogP contribution in [0.2, 0.25) is 0 Å². The van der Waals surface area contributed by atoms with Gasteiger partial charge in [-0.05, 0) is 52.6 Å². The number of nitrogens with zero attached hydrogens (tertiary/aromatic N) is 1. The summed E-state index contributed by atoms with van der Waals surface area (Å²) in [4.78, 5) is 2.43. The van der Waals surface area contributed by atoms with Crippen LogP contribution in [0.15, 0.2) is 0 Å². The molecule has 1 saturated carbocycles. The Kier molecular flexibility index (Phi) is 5.22. The van der Waals surface area contributed by atoms with Gasteiger partial charge in [-0.1, -0.05) is 6.92 Å². The Hall–Kier alpha value is -0.120. The van der Waals surface area contributed by atoms with Gasteiger partial charge >= 0.3 is 0 Å². The number of aliphatic hydroxyl groups excluding tert-OH is 1. The van der Waals surface area contributed by atoms with Gasteiger partial charge in [-0.2, -0.15) is 0 Å². The first-order valence-corrected chi connectivity index (χ1v) is 6.57. The summed E-state index contributed by atoms with van der Waals surface area (Å²) in [5.41, 5.74) is -0.133. The first-order valence-electron chi connectivity index (χ1n) is 6.57. The minimum Gasteiger partial charge on any atom is -0.394 e. The normalized spacial score (nSPS) is 22.1. The van der Waals surface area contributed by atoms with Crippen molar-refractivity contribution in [3.63, 3.8) is 0 Å². The molecular formula is C13H28N2O. The van der Waals surface area contributed by atoms with Gasteiger partial charge in [-0.15, -0.1) is 0 Å². The summed E-state index contributed by atoms with van der Waals surface area (Å²) in [6.45, 7) is 8.80. The fourth-order valence-electron chi connectivity index (χ4n) is 2.31. The molecule has 1 aliphatic rings. The number of hydrogen-bond donors (Lipinski definition) is 2. The van der Waals surface area contributed by atoms with Crippen LogP contribution in [0.5, 0.6) is 0 Å². The minimum atomic E-state index is -0.133. The van der Waals surface area contributed by atoms with E-state index in [9.17, 15) is 5.11 Å². The molecule has 0 aliphatic heterocycles. The summed E-state index contributed by atoms with van der Waals surface area (Å²) >= 11 is 0. The predicted octanol–water partition coefficient (Wildman–Crippen LogP) is 1.47. The highest BCUT2D eigenvalue weighted by Crippen LogP contribution is 2.30. The molecule has 1 aliphatic carbocycles. The molecule has 0 amide bonds. The van der Waals surface area contributed by atoms with Gasteiger partial charge in [0, 0.05) is 18.1 Å². The summed E-state index contributed by atoms with van der Waals surface area (Å²) in [7, 11) is 2.20. The van der Waals surface area contributed by atoms with Crippen molar-refractivity contribution in [3.05, 3.63) is 0 Å². The lowest BCUT2D eigenvalue weighted by atomic mass is 9.93. The Balaban J connectivity index is 2.36. The van der Waals surface area contributed by atoms with Gasteiger partial charge < -0.3 is 15.3 Å². The highest BCUT2D eigenvalue weighted by Gasteiger charge is 2.29. The number of rotatable bonds is 8. The first-order chi connectivity index (χ1) is 7.50. The van der Waals surface area contributed by atoms with Gasteiger partial charge in [-0.25, -0.2) is 0 Å². The van der Waals surface area contributed by atoms with Gasteiger partial charge in [0.2, 0.25) is 0 Å². The van der Waals surface area contributed by atoms with Gasteiger partial charge in [0.15, 0.2) is 0 Å². The minimum absolute atomic E-state index is 0.133. The molecule has 16 heavy (non-hydrogen) atoms. The third-order valence-corrected chi connectivity index (χ3v) is 3.69. The van der Waals surface area contributed by atoms with E-state index in [1.165, 1.54) is 19.4 Å². The van der Waals surface area contributed by atoms with Gasteiger partial charge in [-0.3, -0.25) is 0 Å². The lowest BCUT2D eigenvalue weighted by molar-refractivity contribution is 0.126. The van der Waals surface area contributed by atoms with E-state index in [1.807, 2.05) is 0 Å². The van der Waals surface area contributed by atoms with Gasteiger partial charge in [0.1, 0.15) is 0 Å². The zero-order chi connectivity index (χ0) is 12.2. The smallest absolute Gasteiger partial charge is 0.0611 e. The fraction of sp³-hybridized carbons (Fsp3) is 1.00. The zero-order valence-electron chi connectivity index (χ0n) is 11.3. The molecule has 0 aromatic carbocycles. The van der Waals surface area contributed by atoms with Crippen LogP contribution in [0.25, 0.3) is 0 Å². The van der Waals surface area contributed by atoms with E-state index in [-0.39, 0.29) is 12.1 Å². The average molecular weight is 228 g/mol. The molecule has 3 nitrogen and oxygen atoms in total. The average Bonchev–Trinajstić information content (AvgIpc) is 3.02. The van der Waals surface area contributed by atoms with Crippen LogP contribution in [-0.4, -0.2) is 48.3 Å². The number of likely N-dealkylation sites (N-methyl/N-ethyl adjacent to an activating group) is 1. The molecule has 0 radical (unpaired) electrons. The maximum Gasteiger partial charge on any atom is 0.0611 e. The van der Waals surface area contributed by atoms with E-state index in [4.69, 9.17) is 0 Å². The summed E-state index contributed by atoms with van der Waals surface area (Å²) in [5, 5.41) is 12.8. The molecule has 0 aromatic rings. The predicted molar refractivity (Wildman–Crippen MR) is 68.6 cm³/mol. The van der Waals surface area contributed by atoms with Crippen molar-refractivity contribution < 1.29 is 5.11 Å². The SMILES string of the molecule is CCNC(C)(CO)CC(C)N(C)CC1CC1. The van der Waals surface area contributed by atoms with Crippen molar-refractivity contribution in [1.82, 2.24) is 10.2 Å². The van der Waals surface area contributed by atoms with Crippen LogP contribution in [0.3, 0.4) is 0 Å². The van der Waals surface area contributed by atoms with Gasteiger partial charge in [0.05, 0.1) is 6.61 Å². The lowest BCUT2D eigenvalue weighted by Crippen LogP contribution is -2.50. The summed E-state index contributed by atoms with van der Waals surface area (Å²) in [6.07, 6.45) is 3.81. The molecule has 0 bridgehead atoms. The van der Waals surface area contributed by atoms with Crippen LogP contribution in [0, 0.1) is 5.92 Å². The molecule has 1 fully saturated rings. The monoisotopic (exact) mass is 228 g/mol. The van der Waals surface area contributed by atoms with Crippen molar-refractivity contribution in [2.75, 3.05) is 26.7 Å². The van der Waals surface area contributed by atoms with E-state index in [2.05, 4.69) is 38.0 Å². The summed E-state index contributed by atoms with van der Waals surface area (Å²) in [6, 6.07) is 0.525. The quantitative estimate of drug-likeness (QED) is 0.660. The second-order valence-corrected chi connectivity index (χ2v) is 5.69. The van der Waals surface area contributed by atoms with Crippen LogP contribution < -0.4 is 5.32 Å². The largest absolute Gasteiger partial charge is 0.394 e. The van der Waals surface area contributed by atoms with E-state index >= 15 is 0 Å². The van der Waals surface area contributed by atoms with Crippen molar-refractivity contribution in [2.45, 2.75) is 51.6 Å². The third kappa shape index (κ3) is 4.40. The van der Waals surface area contributed by atoms with Crippen molar-refractivity contribution in [2.24, 2.45) is 5.92 Å². The van der Waals surface area contributed by atoms with Crippen LogP contribution in [0.1, 0.15) is 40.0 Å². The molecule has 2 atom stereocenters. The summed E-state index contributed by atoms with van der Waals surface area (Å²) < 4.78 is 0. The molecule has 2 N–H and O–H groups in total. The summed E-state index contributed by atoms with van der Waals surface area (Å²) in [5.74, 6) is 0.937. The van der Waals surface area contributed by atoms with Crippen molar-refractivity contribution >= 4 is 0 Å². The fourth-order valence-corrected chi connectivity index (χ4v) is 2.31. The Morgan fingerprint density at radius 2 is 2.12 bits per heavy atom. The Morgan fingerprint density at radius 1 is 1.50 bits per heavy atom. The van der Waals surface area contributed by atoms with E-state index in [0.717, 1.165) is 18.9 Å². The Labute approximate surface area is 100 Å². The number of aliphatic hydroxyl groups is 1. The van der Waals surface area contributed by atoms with Crippen LogP contribution >= 0.6 is 0 Å². The molecule has 1 rings (SSSR count). The standard InChI is InChI=1S/C13H28N2O/c1-5-14-13(3,10-16)8-11(2)15(4)9-12-6-7-12/h11-12,14,16H,5-10H2,1-4H3.